The number of carbonyl (C=O) groups is 3. The molecule has 0 fully saturated rings. The van der Waals surface area contributed by atoms with Crippen LogP contribution in [0.1, 0.15) is 36.6 Å². The van der Waals surface area contributed by atoms with Gasteiger partial charge in [-0.25, -0.2) is 9.59 Å². The van der Waals surface area contributed by atoms with Gasteiger partial charge < -0.3 is 4.74 Å². The van der Waals surface area contributed by atoms with E-state index in [0.717, 1.165) is 38.4 Å². The van der Waals surface area contributed by atoms with E-state index in [4.69, 9.17) is 4.74 Å². The van der Waals surface area contributed by atoms with Gasteiger partial charge in [0.05, 0.1) is 11.1 Å². The zero-order valence-electron chi connectivity index (χ0n) is 17.2. The summed E-state index contributed by atoms with van der Waals surface area (Å²) in [5.74, 6) is -1.24. The van der Waals surface area contributed by atoms with Crippen molar-refractivity contribution >= 4 is 39.3 Å². The monoisotopic (exact) mass is 426 g/mol. The summed E-state index contributed by atoms with van der Waals surface area (Å²) in [7, 11) is 0. The summed E-state index contributed by atoms with van der Waals surface area (Å²) in [6, 6.07) is 26.6. The van der Waals surface area contributed by atoms with Crippen LogP contribution in [0.2, 0.25) is 0 Å². The number of ketones is 1. The van der Waals surface area contributed by atoms with Gasteiger partial charge in [0.25, 0.3) is 0 Å². The van der Waals surface area contributed by atoms with Crippen molar-refractivity contribution in [1.82, 2.24) is 0 Å². The van der Waals surface area contributed by atoms with Crippen LogP contribution in [0.5, 0.6) is 0 Å². The van der Waals surface area contributed by atoms with E-state index in [1.165, 1.54) is 0 Å². The SMILES string of the molecule is O=C1OC(=O)c2ccc(-c3ccc4c5c(cccc35)C(=O)c3ccccc3-4)c3cccc1c23. The number of ether oxygens (including phenoxy) is 1. The lowest BCUT2D eigenvalue weighted by atomic mass is 9.80. The summed E-state index contributed by atoms with van der Waals surface area (Å²) in [6.07, 6.45) is 0. The number of benzene rings is 5. The summed E-state index contributed by atoms with van der Waals surface area (Å²) >= 11 is 0. The smallest absolute Gasteiger partial charge is 0.346 e. The third kappa shape index (κ3) is 2.27. The summed E-state index contributed by atoms with van der Waals surface area (Å²) in [5, 5.41) is 3.30. The molecule has 0 amide bonds. The third-order valence-electron chi connectivity index (χ3n) is 6.70. The van der Waals surface area contributed by atoms with Gasteiger partial charge in [0, 0.05) is 21.9 Å². The summed E-state index contributed by atoms with van der Waals surface area (Å²) < 4.78 is 4.90. The molecule has 0 spiro atoms. The summed E-state index contributed by atoms with van der Waals surface area (Å²) in [6.45, 7) is 0. The van der Waals surface area contributed by atoms with Gasteiger partial charge in [-0.15, -0.1) is 0 Å². The Morgan fingerprint density at radius 3 is 1.58 bits per heavy atom. The predicted octanol–water partition coefficient (Wildman–Crippen LogP) is 6.18. The zero-order chi connectivity index (χ0) is 22.3. The quantitative estimate of drug-likeness (QED) is 0.233. The van der Waals surface area contributed by atoms with Crippen molar-refractivity contribution in [3.05, 3.63) is 107 Å². The van der Waals surface area contributed by atoms with Gasteiger partial charge in [0.2, 0.25) is 0 Å². The molecule has 0 aromatic heterocycles. The molecule has 0 atom stereocenters. The molecule has 0 N–H and O–H groups in total. The third-order valence-corrected chi connectivity index (χ3v) is 6.70. The zero-order valence-corrected chi connectivity index (χ0v) is 17.2. The Bertz CT molecular complexity index is 1720. The van der Waals surface area contributed by atoms with Crippen LogP contribution < -0.4 is 0 Å². The van der Waals surface area contributed by atoms with E-state index < -0.39 is 11.9 Å². The Morgan fingerprint density at radius 1 is 0.394 bits per heavy atom. The highest BCUT2D eigenvalue weighted by molar-refractivity contribution is 6.28. The second kappa shape index (κ2) is 6.24. The first-order chi connectivity index (χ1) is 16.1. The highest BCUT2D eigenvalue weighted by Gasteiger charge is 2.29. The van der Waals surface area contributed by atoms with Crippen LogP contribution in [-0.4, -0.2) is 17.7 Å². The van der Waals surface area contributed by atoms with Crippen LogP contribution in [-0.2, 0) is 4.74 Å². The minimum Gasteiger partial charge on any atom is -0.386 e. The average Bonchev–Trinajstić information content (AvgIpc) is 2.85. The van der Waals surface area contributed by atoms with Crippen LogP contribution in [0.25, 0.3) is 43.8 Å². The maximum Gasteiger partial charge on any atom is 0.346 e. The molecule has 0 unspecified atom stereocenters. The normalized spacial score (nSPS) is 13.9. The van der Waals surface area contributed by atoms with Crippen molar-refractivity contribution in [2.24, 2.45) is 0 Å². The largest absolute Gasteiger partial charge is 0.386 e. The topological polar surface area (TPSA) is 60.4 Å². The number of esters is 2. The van der Waals surface area contributed by atoms with Crippen LogP contribution in [0.15, 0.2) is 84.9 Å². The summed E-state index contributed by atoms with van der Waals surface area (Å²) in [5.41, 5.74) is 5.97. The average molecular weight is 426 g/mol. The molecule has 1 aliphatic carbocycles. The van der Waals surface area contributed by atoms with Crippen molar-refractivity contribution < 1.29 is 19.1 Å². The maximum absolute atomic E-state index is 13.3. The van der Waals surface area contributed by atoms with Crippen LogP contribution >= 0.6 is 0 Å². The molecule has 0 radical (unpaired) electrons. The number of rotatable bonds is 1. The molecule has 0 saturated carbocycles. The molecule has 33 heavy (non-hydrogen) atoms. The number of fused-ring (bicyclic) bond motifs is 2. The molecule has 154 valence electrons. The van der Waals surface area contributed by atoms with Gasteiger partial charge in [0.15, 0.2) is 5.78 Å². The van der Waals surface area contributed by atoms with Crippen molar-refractivity contribution in [3.8, 4) is 22.3 Å². The van der Waals surface area contributed by atoms with Gasteiger partial charge in [-0.3, -0.25) is 4.79 Å². The Balaban J connectivity index is 1.59. The van der Waals surface area contributed by atoms with E-state index >= 15 is 0 Å². The van der Waals surface area contributed by atoms with Gasteiger partial charge in [-0.2, -0.15) is 0 Å². The lowest BCUT2D eigenvalue weighted by Crippen LogP contribution is -2.19. The molecule has 1 heterocycles. The molecule has 5 aromatic rings. The van der Waals surface area contributed by atoms with E-state index in [0.29, 0.717) is 27.6 Å². The van der Waals surface area contributed by atoms with Crippen molar-refractivity contribution in [2.45, 2.75) is 0 Å². The minimum atomic E-state index is -0.630. The first kappa shape index (κ1) is 18.0. The van der Waals surface area contributed by atoms with Crippen LogP contribution in [0, 0.1) is 0 Å². The van der Waals surface area contributed by atoms with Crippen molar-refractivity contribution in [3.63, 3.8) is 0 Å². The maximum atomic E-state index is 13.3. The second-order valence-electron chi connectivity index (χ2n) is 8.33. The molecule has 4 heteroatoms. The van der Waals surface area contributed by atoms with E-state index in [1.807, 2.05) is 54.6 Å². The van der Waals surface area contributed by atoms with Gasteiger partial charge >= 0.3 is 11.9 Å². The molecule has 4 nitrogen and oxygen atoms in total. The Morgan fingerprint density at radius 2 is 0.879 bits per heavy atom. The number of hydrogen-bond acceptors (Lipinski definition) is 4. The summed E-state index contributed by atoms with van der Waals surface area (Å²) in [4.78, 5) is 38.0. The highest BCUT2D eigenvalue weighted by Crippen LogP contribution is 2.44. The number of hydrogen-bond donors (Lipinski definition) is 0. The van der Waals surface area contributed by atoms with Gasteiger partial charge in [-0.05, 0) is 45.2 Å². The van der Waals surface area contributed by atoms with Gasteiger partial charge in [-0.1, -0.05) is 72.8 Å². The molecule has 1 aliphatic heterocycles. The van der Waals surface area contributed by atoms with E-state index in [9.17, 15) is 14.4 Å². The molecule has 5 aromatic carbocycles. The molecule has 0 saturated heterocycles. The van der Waals surface area contributed by atoms with E-state index in [1.54, 1.807) is 18.2 Å². The first-order valence-electron chi connectivity index (χ1n) is 10.7. The molecular formula is C29H14O4. The number of cyclic esters (lactones) is 2. The first-order valence-corrected chi connectivity index (χ1v) is 10.7. The van der Waals surface area contributed by atoms with E-state index in [2.05, 4.69) is 12.1 Å². The minimum absolute atomic E-state index is 0.0195. The molecule has 0 bridgehead atoms. The van der Waals surface area contributed by atoms with Crippen molar-refractivity contribution in [1.29, 1.82) is 0 Å². The predicted molar refractivity (Wildman–Crippen MR) is 126 cm³/mol. The molecule has 7 rings (SSSR count). The van der Waals surface area contributed by atoms with Crippen molar-refractivity contribution in [2.75, 3.05) is 0 Å². The Labute approximate surface area is 188 Å². The Kier molecular flexibility index (Phi) is 3.41. The Hall–Kier alpha value is -4.57. The number of carbonyl (C=O) groups excluding carboxylic acids is 3. The van der Waals surface area contributed by atoms with Crippen LogP contribution in [0.4, 0.5) is 0 Å². The lowest BCUT2D eigenvalue weighted by molar-refractivity contribution is 0.0391. The van der Waals surface area contributed by atoms with Crippen LogP contribution in [0.3, 0.4) is 0 Å². The fourth-order valence-electron chi connectivity index (χ4n) is 5.29. The molecular weight excluding hydrogens is 412 g/mol. The lowest BCUT2D eigenvalue weighted by Gasteiger charge is -2.22. The standard InChI is InChI=1S/C29H14O4/c30-27-21-6-2-1-5-15(21)20-13-11-16(18-7-3-9-22(27)25(18)20)17-12-14-24-26-19(17)8-4-10-23(26)28(31)33-29(24)32/h1-14H. The molecule has 2 aliphatic rings. The van der Waals surface area contributed by atoms with E-state index in [-0.39, 0.29) is 5.78 Å². The second-order valence-corrected chi connectivity index (χ2v) is 8.33. The fourth-order valence-corrected chi connectivity index (χ4v) is 5.29. The highest BCUT2D eigenvalue weighted by atomic mass is 16.6. The van der Waals surface area contributed by atoms with Gasteiger partial charge in [0.1, 0.15) is 0 Å². The fraction of sp³-hybridized carbons (Fsp3) is 0.